The van der Waals surface area contributed by atoms with Crippen molar-refractivity contribution in [2.75, 3.05) is 15.8 Å². The Morgan fingerprint density at radius 1 is 1.05 bits per heavy atom. The van der Waals surface area contributed by atoms with E-state index >= 15 is 0 Å². The number of aromatic nitrogens is 2. The molecular weight excluding hydrogens is 538 g/mol. The van der Waals surface area contributed by atoms with E-state index in [1.807, 2.05) is 18.2 Å². The highest BCUT2D eigenvalue weighted by Crippen LogP contribution is 2.39. The third kappa shape index (κ3) is 6.13. The van der Waals surface area contributed by atoms with Crippen molar-refractivity contribution in [1.82, 2.24) is 14.9 Å². The number of benzene rings is 2. The van der Waals surface area contributed by atoms with Gasteiger partial charge in [0.2, 0.25) is 11.9 Å². The zero-order valence-corrected chi connectivity index (χ0v) is 22.8. The number of nitrogens with one attached hydrogen (secondary N) is 2. The molecule has 1 aliphatic rings. The quantitative estimate of drug-likeness (QED) is 0.320. The van der Waals surface area contributed by atoms with Crippen LogP contribution in [0.1, 0.15) is 38.4 Å². The summed E-state index contributed by atoms with van der Waals surface area (Å²) in [5.41, 5.74) is 3.06. The van der Waals surface area contributed by atoms with Crippen LogP contribution >= 0.6 is 11.8 Å². The Morgan fingerprint density at radius 3 is 2.38 bits per heavy atom. The predicted molar refractivity (Wildman–Crippen MR) is 148 cm³/mol. The standard InChI is InChI=1S/C27H25N5O5S2/c1-17-14-18(2)29-27(28-17)31-39(35,36)23-11-9-21(10-12-23)30-25(34)19-5-7-20(8-6-19)26-32(24(33)16-38-26)15-22-4-3-13-37-22/h3-14,26H,15-16H2,1-2H3,(H,30,34)(H,28,29,31). The van der Waals surface area contributed by atoms with Crippen LogP contribution in [0.25, 0.3) is 0 Å². The summed E-state index contributed by atoms with van der Waals surface area (Å²) in [5.74, 6) is 0.775. The summed E-state index contributed by atoms with van der Waals surface area (Å²) < 4.78 is 33.3. The lowest BCUT2D eigenvalue weighted by Gasteiger charge is -2.23. The number of anilines is 2. The zero-order valence-electron chi connectivity index (χ0n) is 21.1. The Morgan fingerprint density at radius 2 is 1.74 bits per heavy atom. The molecule has 0 bridgehead atoms. The highest BCUT2D eigenvalue weighted by molar-refractivity contribution is 8.00. The van der Waals surface area contributed by atoms with Crippen LogP contribution in [0.3, 0.4) is 0 Å². The van der Waals surface area contributed by atoms with Gasteiger partial charge in [-0.15, -0.1) is 11.8 Å². The lowest BCUT2D eigenvalue weighted by atomic mass is 10.1. The number of thioether (sulfide) groups is 1. The van der Waals surface area contributed by atoms with Gasteiger partial charge in [-0.25, -0.2) is 23.1 Å². The first-order chi connectivity index (χ1) is 18.7. The van der Waals surface area contributed by atoms with Gasteiger partial charge in [-0.1, -0.05) is 12.1 Å². The first-order valence-electron chi connectivity index (χ1n) is 12.0. The molecule has 0 aliphatic carbocycles. The van der Waals surface area contributed by atoms with E-state index < -0.39 is 10.0 Å². The average Bonchev–Trinajstić information content (AvgIpc) is 3.54. The highest BCUT2D eigenvalue weighted by atomic mass is 32.2. The molecule has 0 spiro atoms. The molecule has 1 atom stereocenters. The molecule has 1 fully saturated rings. The van der Waals surface area contributed by atoms with Crippen molar-refractivity contribution in [3.8, 4) is 0 Å². The van der Waals surface area contributed by atoms with E-state index in [4.69, 9.17) is 4.42 Å². The van der Waals surface area contributed by atoms with E-state index in [9.17, 15) is 18.0 Å². The van der Waals surface area contributed by atoms with Gasteiger partial charge in [0.1, 0.15) is 11.1 Å². The van der Waals surface area contributed by atoms with E-state index in [0.29, 0.717) is 40.7 Å². The molecule has 0 saturated carbocycles. The van der Waals surface area contributed by atoms with E-state index in [1.54, 1.807) is 49.3 Å². The summed E-state index contributed by atoms with van der Waals surface area (Å²) in [6.07, 6.45) is 1.58. The van der Waals surface area contributed by atoms with Crippen LogP contribution in [0.15, 0.2) is 82.3 Å². The van der Waals surface area contributed by atoms with Crippen molar-refractivity contribution in [2.45, 2.75) is 30.7 Å². The summed E-state index contributed by atoms with van der Waals surface area (Å²) >= 11 is 1.53. The van der Waals surface area contributed by atoms with Gasteiger partial charge in [0, 0.05) is 22.6 Å². The molecular formula is C27H25N5O5S2. The van der Waals surface area contributed by atoms with Gasteiger partial charge >= 0.3 is 0 Å². The molecule has 2 aromatic carbocycles. The molecule has 1 unspecified atom stereocenters. The summed E-state index contributed by atoms with van der Waals surface area (Å²) in [6.45, 7) is 3.89. The maximum atomic E-state index is 12.8. The SMILES string of the molecule is Cc1cc(C)nc(NS(=O)(=O)c2ccc(NC(=O)c3ccc(C4SCC(=O)N4Cc4ccco4)cc3)cc2)n1. The number of hydrogen-bond donors (Lipinski definition) is 2. The van der Waals surface area contributed by atoms with E-state index in [-0.39, 0.29) is 28.0 Å². The fourth-order valence-corrected chi connectivity index (χ4v) is 6.27. The zero-order chi connectivity index (χ0) is 27.6. The maximum Gasteiger partial charge on any atom is 0.264 e. The van der Waals surface area contributed by atoms with Crippen LogP contribution < -0.4 is 10.0 Å². The van der Waals surface area contributed by atoms with Crippen molar-refractivity contribution in [2.24, 2.45) is 0 Å². The summed E-state index contributed by atoms with van der Waals surface area (Å²) in [7, 11) is -3.91. The molecule has 200 valence electrons. The Balaban J connectivity index is 1.23. The number of sulfonamides is 1. The molecule has 2 aromatic heterocycles. The molecule has 2 N–H and O–H groups in total. The molecule has 0 radical (unpaired) electrons. The van der Waals surface area contributed by atoms with Crippen molar-refractivity contribution >= 4 is 45.2 Å². The normalized spacial score (nSPS) is 15.4. The fourth-order valence-electron chi connectivity index (χ4n) is 4.14. The largest absolute Gasteiger partial charge is 0.467 e. The monoisotopic (exact) mass is 563 g/mol. The van der Waals surface area contributed by atoms with Gasteiger partial charge in [-0.3, -0.25) is 9.59 Å². The van der Waals surface area contributed by atoms with Crippen LogP contribution in [0, 0.1) is 13.8 Å². The minimum atomic E-state index is -3.91. The van der Waals surface area contributed by atoms with Crippen LogP contribution in [0.2, 0.25) is 0 Å². The van der Waals surface area contributed by atoms with Crippen LogP contribution in [-0.2, 0) is 21.4 Å². The Kier molecular flexibility index (Phi) is 7.40. The van der Waals surface area contributed by atoms with Crippen molar-refractivity contribution < 1.29 is 22.4 Å². The Labute approximate surface area is 229 Å². The number of amides is 2. The van der Waals surface area contributed by atoms with Crippen molar-refractivity contribution in [3.05, 3.63) is 101 Å². The summed E-state index contributed by atoms with van der Waals surface area (Å²) in [4.78, 5) is 35.2. The first kappa shape index (κ1) is 26.4. The van der Waals surface area contributed by atoms with E-state index in [0.717, 1.165) is 5.56 Å². The average molecular weight is 564 g/mol. The van der Waals surface area contributed by atoms with Crippen molar-refractivity contribution in [1.29, 1.82) is 0 Å². The van der Waals surface area contributed by atoms with Gasteiger partial charge < -0.3 is 14.6 Å². The van der Waals surface area contributed by atoms with E-state index in [2.05, 4.69) is 20.0 Å². The van der Waals surface area contributed by atoms with E-state index in [1.165, 1.54) is 36.0 Å². The van der Waals surface area contributed by atoms with Gasteiger partial charge in [-0.05, 0) is 74.0 Å². The molecule has 1 aliphatic heterocycles. The van der Waals surface area contributed by atoms with Gasteiger partial charge in [0.05, 0.1) is 23.5 Å². The Hall–Kier alpha value is -4.16. The molecule has 10 nitrogen and oxygen atoms in total. The second-order valence-electron chi connectivity index (χ2n) is 8.94. The first-order valence-corrected chi connectivity index (χ1v) is 14.5. The van der Waals surface area contributed by atoms with Gasteiger partial charge in [0.15, 0.2) is 0 Å². The molecule has 2 amide bonds. The number of nitrogens with zero attached hydrogens (tertiary/aromatic N) is 3. The number of carbonyl (C=O) groups excluding carboxylic acids is 2. The third-order valence-corrected chi connectivity index (χ3v) is 8.56. The second kappa shape index (κ2) is 10.9. The molecule has 5 rings (SSSR count). The second-order valence-corrected chi connectivity index (χ2v) is 11.7. The lowest BCUT2D eigenvalue weighted by Crippen LogP contribution is -2.27. The number of carbonyl (C=O) groups is 2. The van der Waals surface area contributed by atoms with Crippen LogP contribution in [-0.4, -0.2) is 40.9 Å². The summed E-state index contributed by atoms with van der Waals surface area (Å²) in [5, 5.41) is 2.61. The maximum absolute atomic E-state index is 12.8. The molecule has 3 heterocycles. The van der Waals surface area contributed by atoms with Gasteiger partial charge in [-0.2, -0.15) is 0 Å². The minimum absolute atomic E-state index is 0.00205. The topological polar surface area (TPSA) is 134 Å². The number of aryl methyl sites for hydroxylation is 2. The van der Waals surface area contributed by atoms with Crippen LogP contribution in [0.4, 0.5) is 11.6 Å². The smallest absolute Gasteiger partial charge is 0.264 e. The number of furan rings is 1. The third-order valence-electron chi connectivity index (χ3n) is 5.96. The lowest BCUT2D eigenvalue weighted by molar-refractivity contribution is -0.128. The number of hydrogen-bond acceptors (Lipinski definition) is 8. The molecule has 12 heteroatoms. The molecule has 4 aromatic rings. The molecule has 39 heavy (non-hydrogen) atoms. The highest BCUT2D eigenvalue weighted by Gasteiger charge is 2.33. The van der Waals surface area contributed by atoms with Crippen LogP contribution in [0.5, 0.6) is 0 Å². The summed E-state index contributed by atoms with van der Waals surface area (Å²) in [6, 6.07) is 18.2. The fraction of sp³-hybridized carbons (Fsp3) is 0.185. The van der Waals surface area contributed by atoms with Crippen molar-refractivity contribution in [3.63, 3.8) is 0 Å². The molecule has 1 saturated heterocycles. The Bertz CT molecular complexity index is 1590. The predicted octanol–water partition coefficient (Wildman–Crippen LogP) is 4.51. The van der Waals surface area contributed by atoms with Gasteiger partial charge in [0.25, 0.3) is 15.9 Å². The number of rotatable bonds is 8. The minimum Gasteiger partial charge on any atom is -0.467 e.